The highest BCUT2D eigenvalue weighted by atomic mass is 16.4. The number of hydrogen-bond acceptors (Lipinski definition) is 4. The van der Waals surface area contributed by atoms with Crippen molar-refractivity contribution in [3.8, 4) is 5.69 Å². The van der Waals surface area contributed by atoms with E-state index in [2.05, 4.69) is 15.3 Å². The lowest BCUT2D eigenvalue weighted by Crippen LogP contribution is -2.47. The quantitative estimate of drug-likeness (QED) is 0.863. The molecule has 1 fully saturated rings. The van der Waals surface area contributed by atoms with Gasteiger partial charge in [-0.25, -0.2) is 9.48 Å². The molecule has 7 nitrogen and oxygen atoms in total. The van der Waals surface area contributed by atoms with Gasteiger partial charge in [0.15, 0.2) is 5.69 Å². The van der Waals surface area contributed by atoms with Crippen molar-refractivity contribution in [2.75, 3.05) is 13.6 Å². The number of carbonyl (C=O) groups excluding carboxylic acids is 1. The number of likely N-dealkylation sites (N-methyl/N-ethyl adjacent to an activating group) is 1. The molecule has 1 unspecified atom stereocenters. The van der Waals surface area contributed by atoms with Crippen LogP contribution in [0.2, 0.25) is 0 Å². The van der Waals surface area contributed by atoms with Crippen LogP contribution in [0.1, 0.15) is 35.3 Å². The van der Waals surface area contributed by atoms with E-state index < -0.39 is 5.97 Å². The predicted octanol–water partition coefficient (Wildman–Crippen LogP) is 1.67. The van der Waals surface area contributed by atoms with Gasteiger partial charge in [0.1, 0.15) is 0 Å². The zero-order valence-corrected chi connectivity index (χ0v) is 14.2. The average molecular weight is 342 g/mol. The van der Waals surface area contributed by atoms with E-state index in [0.717, 1.165) is 37.1 Å². The first kappa shape index (κ1) is 17.2. The molecule has 1 aliphatic rings. The van der Waals surface area contributed by atoms with Crippen LogP contribution in [-0.4, -0.2) is 51.3 Å². The molecule has 1 amide bonds. The minimum Gasteiger partial charge on any atom is -0.476 e. The number of amides is 1. The summed E-state index contributed by atoms with van der Waals surface area (Å²) in [5.41, 5.74) is 1.70. The lowest BCUT2D eigenvalue weighted by Gasteiger charge is -2.31. The van der Waals surface area contributed by atoms with Crippen LogP contribution in [0.3, 0.4) is 0 Å². The summed E-state index contributed by atoms with van der Waals surface area (Å²) >= 11 is 0. The SMILES string of the molecule is CN1CCCCC1C(=O)NCc1cccc(-n2ccc(C(=O)O)n2)c1. The molecule has 1 aliphatic heterocycles. The van der Waals surface area contributed by atoms with Crippen molar-refractivity contribution in [2.24, 2.45) is 0 Å². The number of likely N-dealkylation sites (tertiary alicyclic amines) is 1. The number of carboxylic acid groups (broad SMARTS) is 1. The Labute approximate surface area is 146 Å². The van der Waals surface area contributed by atoms with E-state index in [1.165, 1.54) is 10.7 Å². The zero-order valence-electron chi connectivity index (χ0n) is 14.2. The first-order valence-electron chi connectivity index (χ1n) is 8.41. The number of aromatic nitrogens is 2. The molecule has 132 valence electrons. The van der Waals surface area contributed by atoms with Gasteiger partial charge >= 0.3 is 5.97 Å². The maximum atomic E-state index is 12.4. The van der Waals surface area contributed by atoms with Gasteiger partial charge in [-0.3, -0.25) is 9.69 Å². The number of benzene rings is 1. The number of piperidine rings is 1. The second-order valence-corrected chi connectivity index (χ2v) is 6.33. The number of carboxylic acids is 1. The van der Waals surface area contributed by atoms with Gasteiger partial charge in [-0.2, -0.15) is 5.10 Å². The Morgan fingerprint density at radius 2 is 2.16 bits per heavy atom. The summed E-state index contributed by atoms with van der Waals surface area (Å²) in [6, 6.07) is 8.93. The van der Waals surface area contributed by atoms with E-state index in [9.17, 15) is 9.59 Å². The Balaban J connectivity index is 1.65. The van der Waals surface area contributed by atoms with Crippen molar-refractivity contribution < 1.29 is 14.7 Å². The van der Waals surface area contributed by atoms with Crippen LogP contribution in [0.5, 0.6) is 0 Å². The molecule has 3 rings (SSSR count). The third-order valence-corrected chi connectivity index (χ3v) is 4.52. The van der Waals surface area contributed by atoms with Crippen LogP contribution >= 0.6 is 0 Å². The van der Waals surface area contributed by atoms with E-state index in [4.69, 9.17) is 5.11 Å². The fourth-order valence-corrected chi connectivity index (χ4v) is 3.10. The Hall–Kier alpha value is -2.67. The number of nitrogens with zero attached hydrogens (tertiary/aromatic N) is 3. The van der Waals surface area contributed by atoms with Gasteiger partial charge in [0, 0.05) is 12.7 Å². The second kappa shape index (κ2) is 7.48. The van der Waals surface area contributed by atoms with Gasteiger partial charge < -0.3 is 10.4 Å². The van der Waals surface area contributed by atoms with Crippen molar-refractivity contribution >= 4 is 11.9 Å². The van der Waals surface area contributed by atoms with Crippen molar-refractivity contribution in [2.45, 2.75) is 31.8 Å². The molecule has 0 saturated carbocycles. The summed E-state index contributed by atoms with van der Waals surface area (Å²) in [5.74, 6) is -1.00. The lowest BCUT2D eigenvalue weighted by molar-refractivity contribution is -0.127. The number of aromatic carboxylic acids is 1. The van der Waals surface area contributed by atoms with Gasteiger partial charge in [-0.1, -0.05) is 18.6 Å². The Morgan fingerprint density at radius 3 is 2.88 bits per heavy atom. The van der Waals surface area contributed by atoms with Crippen molar-refractivity contribution in [3.05, 3.63) is 47.8 Å². The number of carbonyl (C=O) groups is 2. The molecule has 2 N–H and O–H groups in total. The molecular weight excluding hydrogens is 320 g/mol. The minimum atomic E-state index is -1.06. The number of rotatable bonds is 5. The van der Waals surface area contributed by atoms with Gasteiger partial charge in [0.2, 0.25) is 5.91 Å². The maximum Gasteiger partial charge on any atom is 0.356 e. The van der Waals surface area contributed by atoms with Gasteiger partial charge in [-0.05, 0) is 50.2 Å². The zero-order chi connectivity index (χ0) is 17.8. The fraction of sp³-hybridized carbons (Fsp3) is 0.389. The summed E-state index contributed by atoms with van der Waals surface area (Å²) in [6.07, 6.45) is 4.74. The molecule has 7 heteroatoms. The topological polar surface area (TPSA) is 87.5 Å². The van der Waals surface area contributed by atoms with E-state index in [1.54, 1.807) is 6.20 Å². The van der Waals surface area contributed by atoms with Crippen LogP contribution in [-0.2, 0) is 11.3 Å². The Bertz CT molecular complexity index is 771. The van der Waals surface area contributed by atoms with Crippen LogP contribution in [0.25, 0.3) is 5.69 Å². The number of nitrogens with one attached hydrogen (secondary N) is 1. The van der Waals surface area contributed by atoms with Gasteiger partial charge in [-0.15, -0.1) is 0 Å². The van der Waals surface area contributed by atoms with E-state index in [0.29, 0.717) is 6.54 Å². The molecule has 25 heavy (non-hydrogen) atoms. The summed E-state index contributed by atoms with van der Waals surface area (Å²) in [4.78, 5) is 25.4. The van der Waals surface area contributed by atoms with Crippen molar-refractivity contribution in [1.82, 2.24) is 20.0 Å². The molecule has 0 spiro atoms. The molecular formula is C18H22N4O3. The van der Waals surface area contributed by atoms with Crippen LogP contribution in [0.15, 0.2) is 36.5 Å². The molecule has 0 bridgehead atoms. The third-order valence-electron chi connectivity index (χ3n) is 4.52. The molecule has 1 saturated heterocycles. The molecule has 1 aromatic carbocycles. The first-order chi connectivity index (χ1) is 12.0. The van der Waals surface area contributed by atoms with Crippen molar-refractivity contribution in [1.29, 1.82) is 0 Å². The van der Waals surface area contributed by atoms with Crippen LogP contribution in [0.4, 0.5) is 0 Å². The molecule has 1 aromatic heterocycles. The van der Waals surface area contributed by atoms with Crippen LogP contribution in [0, 0.1) is 0 Å². The smallest absolute Gasteiger partial charge is 0.356 e. The second-order valence-electron chi connectivity index (χ2n) is 6.33. The van der Waals surface area contributed by atoms with Crippen molar-refractivity contribution in [3.63, 3.8) is 0 Å². The molecule has 2 heterocycles. The monoisotopic (exact) mass is 342 g/mol. The fourth-order valence-electron chi connectivity index (χ4n) is 3.10. The van der Waals surface area contributed by atoms with E-state index in [1.807, 2.05) is 31.3 Å². The van der Waals surface area contributed by atoms with Gasteiger partial charge in [0.25, 0.3) is 0 Å². The first-order valence-corrected chi connectivity index (χ1v) is 8.41. The van der Waals surface area contributed by atoms with E-state index in [-0.39, 0.29) is 17.6 Å². The third kappa shape index (κ3) is 4.06. The predicted molar refractivity (Wildman–Crippen MR) is 92.6 cm³/mol. The largest absolute Gasteiger partial charge is 0.476 e. The summed E-state index contributed by atoms with van der Waals surface area (Å²) in [7, 11) is 1.99. The lowest BCUT2D eigenvalue weighted by atomic mass is 10.0. The summed E-state index contributed by atoms with van der Waals surface area (Å²) < 4.78 is 1.52. The highest BCUT2D eigenvalue weighted by Crippen LogP contribution is 2.15. The maximum absolute atomic E-state index is 12.4. The van der Waals surface area contributed by atoms with E-state index >= 15 is 0 Å². The van der Waals surface area contributed by atoms with Crippen LogP contribution < -0.4 is 5.32 Å². The number of hydrogen-bond donors (Lipinski definition) is 2. The standard InChI is InChI=1S/C18H22N4O3/c1-21-9-3-2-7-16(21)17(23)19-12-13-5-4-6-14(11-13)22-10-8-15(20-22)18(24)25/h4-6,8,10-11,16H,2-3,7,9,12H2,1H3,(H,19,23)(H,24,25). The normalized spacial score (nSPS) is 18.0. The van der Waals surface area contributed by atoms with Gasteiger partial charge in [0.05, 0.1) is 11.7 Å². The summed E-state index contributed by atoms with van der Waals surface area (Å²) in [6.45, 7) is 1.39. The Morgan fingerprint density at radius 1 is 1.32 bits per heavy atom. The minimum absolute atomic E-state index is 0.000887. The molecule has 0 aliphatic carbocycles. The Kier molecular flexibility index (Phi) is 5.14. The molecule has 2 aromatic rings. The summed E-state index contributed by atoms with van der Waals surface area (Å²) in [5, 5.41) is 16.0. The highest BCUT2D eigenvalue weighted by molar-refractivity contribution is 5.85. The average Bonchev–Trinajstić information content (AvgIpc) is 3.11. The highest BCUT2D eigenvalue weighted by Gasteiger charge is 2.25. The molecule has 1 atom stereocenters. The molecule has 0 radical (unpaired) electrons.